The summed E-state index contributed by atoms with van der Waals surface area (Å²) in [5.41, 5.74) is 7.43. The van der Waals surface area contributed by atoms with Crippen LogP contribution in [0.2, 0.25) is 0 Å². The van der Waals surface area contributed by atoms with Gasteiger partial charge in [0.15, 0.2) is 0 Å². The van der Waals surface area contributed by atoms with Crippen molar-refractivity contribution < 1.29 is 9.53 Å². The van der Waals surface area contributed by atoms with E-state index in [1.165, 1.54) is 13.3 Å². The van der Waals surface area contributed by atoms with Crippen molar-refractivity contribution in [3.05, 3.63) is 52.1 Å². The monoisotopic (exact) mass is 349 g/mol. The van der Waals surface area contributed by atoms with Crippen LogP contribution in [-0.4, -0.2) is 18.1 Å². The number of carbonyl (C=O) groups excluding carboxylic acids is 1. The van der Waals surface area contributed by atoms with Gasteiger partial charge in [0.25, 0.3) is 0 Å². The first-order chi connectivity index (χ1) is 10.0. The first-order valence-electron chi connectivity index (χ1n) is 6.37. The Morgan fingerprint density at radius 3 is 2.86 bits per heavy atom. The number of benzene rings is 1. The fourth-order valence-corrected chi connectivity index (χ4v) is 2.33. The summed E-state index contributed by atoms with van der Waals surface area (Å²) in [5, 5.41) is 3.24. The number of nitrogens with two attached hydrogens (primary N) is 1. The van der Waals surface area contributed by atoms with Gasteiger partial charge in [-0.15, -0.1) is 0 Å². The molecule has 2 aromatic rings. The molecule has 5 nitrogen and oxygen atoms in total. The van der Waals surface area contributed by atoms with E-state index in [-0.39, 0.29) is 6.04 Å². The molecule has 1 atom stereocenters. The van der Waals surface area contributed by atoms with E-state index in [4.69, 9.17) is 10.5 Å². The average molecular weight is 350 g/mol. The summed E-state index contributed by atoms with van der Waals surface area (Å²) in [4.78, 5) is 15.8. The number of methoxy groups -OCH3 is 1. The van der Waals surface area contributed by atoms with Crippen molar-refractivity contribution in [1.82, 2.24) is 4.98 Å². The van der Waals surface area contributed by atoms with Gasteiger partial charge in [-0.3, -0.25) is 0 Å². The van der Waals surface area contributed by atoms with Gasteiger partial charge in [0.1, 0.15) is 5.82 Å². The highest BCUT2D eigenvalue weighted by atomic mass is 79.9. The molecule has 1 heterocycles. The predicted octanol–water partition coefficient (Wildman–Crippen LogP) is 3.39. The van der Waals surface area contributed by atoms with Crippen LogP contribution >= 0.6 is 15.9 Å². The normalized spacial score (nSPS) is 11.8. The number of rotatable bonds is 4. The molecule has 6 heteroatoms. The highest BCUT2D eigenvalue weighted by Crippen LogP contribution is 2.23. The van der Waals surface area contributed by atoms with Crippen LogP contribution in [0.4, 0.5) is 11.5 Å². The Morgan fingerprint density at radius 2 is 2.19 bits per heavy atom. The summed E-state index contributed by atoms with van der Waals surface area (Å²) in [6.07, 6.45) is 1.45. The average Bonchev–Trinajstić information content (AvgIpc) is 2.48. The van der Waals surface area contributed by atoms with E-state index in [9.17, 15) is 4.79 Å². The molecule has 0 aliphatic rings. The summed E-state index contributed by atoms with van der Waals surface area (Å²) in [6.45, 7) is 2.01. The van der Waals surface area contributed by atoms with Crippen molar-refractivity contribution in [1.29, 1.82) is 0 Å². The maximum atomic E-state index is 11.6. The number of pyridine rings is 1. The number of aromatic nitrogens is 1. The lowest BCUT2D eigenvalue weighted by atomic mass is 10.1. The fourth-order valence-electron chi connectivity index (χ4n) is 1.91. The molecule has 0 saturated heterocycles. The minimum absolute atomic E-state index is 0.0316. The molecule has 1 aromatic carbocycles. The van der Waals surface area contributed by atoms with Gasteiger partial charge in [0.2, 0.25) is 0 Å². The molecule has 0 saturated carbocycles. The molecule has 2 rings (SSSR count). The molecule has 1 aromatic heterocycles. The number of hydrogen-bond donors (Lipinski definition) is 2. The highest BCUT2D eigenvalue weighted by Gasteiger charge is 2.13. The van der Waals surface area contributed by atoms with Crippen LogP contribution in [0.5, 0.6) is 0 Å². The molecule has 110 valence electrons. The number of ether oxygens (including phenoxy) is 1. The third kappa shape index (κ3) is 3.72. The zero-order valence-corrected chi connectivity index (χ0v) is 13.3. The third-order valence-corrected chi connectivity index (χ3v) is 3.55. The number of nitrogens with zero attached hydrogens (tertiary/aromatic N) is 1. The van der Waals surface area contributed by atoms with Crippen LogP contribution in [0.1, 0.15) is 28.9 Å². The molecule has 0 aliphatic carbocycles. The van der Waals surface area contributed by atoms with Crippen LogP contribution in [0.15, 0.2) is 41.0 Å². The van der Waals surface area contributed by atoms with Crippen molar-refractivity contribution in [3.8, 4) is 0 Å². The van der Waals surface area contributed by atoms with E-state index in [1.807, 2.05) is 31.2 Å². The third-order valence-electron chi connectivity index (χ3n) is 3.05. The smallest absolute Gasteiger partial charge is 0.340 e. The Balaban J connectivity index is 2.21. The molecule has 0 fully saturated rings. The second-order valence-corrected chi connectivity index (χ2v) is 5.49. The van der Waals surface area contributed by atoms with E-state index in [2.05, 4.69) is 26.2 Å². The van der Waals surface area contributed by atoms with Crippen molar-refractivity contribution in [2.24, 2.45) is 0 Å². The Kier molecular flexibility index (Phi) is 4.80. The predicted molar refractivity (Wildman–Crippen MR) is 86.2 cm³/mol. The quantitative estimate of drug-likeness (QED) is 0.827. The molecular formula is C15H16BrN3O2. The lowest BCUT2D eigenvalue weighted by molar-refractivity contribution is 0.0602. The Labute approximate surface area is 131 Å². The van der Waals surface area contributed by atoms with Crippen molar-refractivity contribution in [2.45, 2.75) is 13.0 Å². The Bertz CT molecular complexity index is 661. The molecule has 0 radical (unpaired) electrons. The number of esters is 1. The van der Waals surface area contributed by atoms with Gasteiger partial charge in [-0.05, 0) is 30.7 Å². The Hall–Kier alpha value is -2.08. The second-order valence-electron chi connectivity index (χ2n) is 4.57. The number of hydrogen-bond acceptors (Lipinski definition) is 5. The SMILES string of the molecule is COC(=O)c1cc(NC(C)c2cccc(Br)c2)ncc1N. The lowest BCUT2D eigenvalue weighted by Gasteiger charge is -2.16. The lowest BCUT2D eigenvalue weighted by Crippen LogP contribution is -2.11. The molecule has 0 bridgehead atoms. The summed E-state index contributed by atoms with van der Waals surface area (Å²) in [5.74, 6) is 0.0881. The van der Waals surface area contributed by atoms with Crippen LogP contribution < -0.4 is 11.1 Å². The molecular weight excluding hydrogens is 334 g/mol. The van der Waals surface area contributed by atoms with Crippen molar-refractivity contribution in [2.75, 3.05) is 18.2 Å². The fraction of sp³-hybridized carbons (Fsp3) is 0.200. The van der Waals surface area contributed by atoms with Gasteiger partial charge < -0.3 is 15.8 Å². The van der Waals surface area contributed by atoms with Gasteiger partial charge in [-0.1, -0.05) is 28.1 Å². The number of anilines is 2. The van der Waals surface area contributed by atoms with E-state index >= 15 is 0 Å². The van der Waals surface area contributed by atoms with E-state index in [1.54, 1.807) is 6.07 Å². The van der Waals surface area contributed by atoms with Crippen LogP contribution in [0.25, 0.3) is 0 Å². The Morgan fingerprint density at radius 1 is 1.43 bits per heavy atom. The summed E-state index contributed by atoms with van der Waals surface area (Å²) in [6, 6.07) is 9.59. The zero-order chi connectivity index (χ0) is 15.4. The van der Waals surface area contributed by atoms with Crippen LogP contribution in [0.3, 0.4) is 0 Å². The molecule has 3 N–H and O–H groups in total. The zero-order valence-electron chi connectivity index (χ0n) is 11.8. The molecule has 0 aliphatic heterocycles. The second kappa shape index (κ2) is 6.58. The van der Waals surface area contributed by atoms with E-state index in [0.717, 1.165) is 10.0 Å². The minimum Gasteiger partial charge on any atom is -0.465 e. The first kappa shape index (κ1) is 15.3. The largest absolute Gasteiger partial charge is 0.465 e. The molecule has 21 heavy (non-hydrogen) atoms. The number of halogens is 1. The van der Waals surface area contributed by atoms with Gasteiger partial charge in [-0.2, -0.15) is 0 Å². The summed E-state index contributed by atoms with van der Waals surface area (Å²) < 4.78 is 5.71. The van der Waals surface area contributed by atoms with Crippen LogP contribution in [-0.2, 0) is 4.74 Å². The highest BCUT2D eigenvalue weighted by molar-refractivity contribution is 9.10. The van der Waals surface area contributed by atoms with E-state index in [0.29, 0.717) is 17.1 Å². The van der Waals surface area contributed by atoms with Gasteiger partial charge >= 0.3 is 5.97 Å². The standard InChI is InChI=1S/C15H16BrN3O2/c1-9(10-4-3-5-11(16)6-10)19-14-7-12(15(20)21-2)13(17)8-18-14/h3-9H,17H2,1-2H3,(H,18,19). The molecule has 0 amide bonds. The van der Waals surface area contributed by atoms with Gasteiger partial charge in [0, 0.05) is 10.5 Å². The molecule has 0 spiro atoms. The van der Waals surface area contributed by atoms with E-state index < -0.39 is 5.97 Å². The van der Waals surface area contributed by atoms with Crippen molar-refractivity contribution in [3.63, 3.8) is 0 Å². The topological polar surface area (TPSA) is 77.2 Å². The number of nitrogen functional groups attached to an aromatic ring is 1. The first-order valence-corrected chi connectivity index (χ1v) is 7.16. The summed E-state index contributed by atoms with van der Waals surface area (Å²) in [7, 11) is 1.32. The summed E-state index contributed by atoms with van der Waals surface area (Å²) >= 11 is 3.44. The maximum absolute atomic E-state index is 11.6. The van der Waals surface area contributed by atoms with Crippen LogP contribution in [0, 0.1) is 0 Å². The maximum Gasteiger partial charge on any atom is 0.340 e. The number of carbonyl (C=O) groups is 1. The van der Waals surface area contributed by atoms with Gasteiger partial charge in [0.05, 0.1) is 24.6 Å². The van der Waals surface area contributed by atoms with Crippen molar-refractivity contribution >= 4 is 33.4 Å². The molecule has 1 unspecified atom stereocenters. The van der Waals surface area contributed by atoms with Gasteiger partial charge in [-0.25, -0.2) is 9.78 Å². The number of nitrogens with one attached hydrogen (secondary N) is 1. The minimum atomic E-state index is -0.479.